The summed E-state index contributed by atoms with van der Waals surface area (Å²) in [7, 11) is 0. The van der Waals surface area contributed by atoms with Gasteiger partial charge in [0.25, 0.3) is 0 Å². The van der Waals surface area contributed by atoms with E-state index in [1.165, 1.54) is 6.07 Å². The fourth-order valence-electron chi connectivity index (χ4n) is 2.41. The zero-order chi connectivity index (χ0) is 18.2. The third-order valence-electron chi connectivity index (χ3n) is 3.65. The van der Waals surface area contributed by atoms with Crippen molar-refractivity contribution in [3.8, 4) is 0 Å². The fraction of sp³-hybridized carbons (Fsp3) is 0.222. The van der Waals surface area contributed by atoms with Gasteiger partial charge in [0, 0.05) is 11.0 Å². The number of rotatable bonds is 7. The van der Waals surface area contributed by atoms with Crippen molar-refractivity contribution in [3.63, 3.8) is 0 Å². The van der Waals surface area contributed by atoms with Crippen LogP contribution in [-0.4, -0.2) is 18.5 Å². The van der Waals surface area contributed by atoms with E-state index in [1.807, 2.05) is 12.1 Å². The van der Waals surface area contributed by atoms with Gasteiger partial charge in [-0.3, -0.25) is 4.79 Å². The van der Waals surface area contributed by atoms with Crippen molar-refractivity contribution >= 4 is 27.9 Å². The van der Waals surface area contributed by atoms with Gasteiger partial charge in [0.05, 0.1) is 12.5 Å². The van der Waals surface area contributed by atoms with Gasteiger partial charge < -0.3 is 16.4 Å². The molecule has 0 fully saturated rings. The maximum absolute atomic E-state index is 13.5. The summed E-state index contributed by atoms with van der Waals surface area (Å²) in [5.74, 6) is -0.544. The SMILES string of the molecule is NC(=O)N[C@@H](CC(=O)NCCc1ccccc1F)c1ccc(Br)cc1. The predicted octanol–water partition coefficient (Wildman–Crippen LogP) is 3.05. The molecule has 0 aliphatic heterocycles. The van der Waals surface area contributed by atoms with Crippen molar-refractivity contribution in [3.05, 3.63) is 69.9 Å². The van der Waals surface area contributed by atoms with Gasteiger partial charge in [0.15, 0.2) is 0 Å². The first kappa shape index (κ1) is 18.9. The zero-order valence-electron chi connectivity index (χ0n) is 13.5. The largest absolute Gasteiger partial charge is 0.356 e. The minimum Gasteiger partial charge on any atom is -0.356 e. The number of benzene rings is 2. The number of amides is 3. The third-order valence-corrected chi connectivity index (χ3v) is 4.18. The highest BCUT2D eigenvalue weighted by Gasteiger charge is 2.17. The first-order valence-electron chi connectivity index (χ1n) is 7.77. The number of hydrogen-bond acceptors (Lipinski definition) is 2. The highest BCUT2D eigenvalue weighted by atomic mass is 79.9. The number of primary amides is 1. The van der Waals surface area contributed by atoms with Crippen LogP contribution in [0.25, 0.3) is 0 Å². The molecule has 1 atom stereocenters. The number of carbonyl (C=O) groups is 2. The van der Waals surface area contributed by atoms with Gasteiger partial charge in [-0.05, 0) is 35.7 Å². The average Bonchev–Trinajstić information content (AvgIpc) is 2.56. The Morgan fingerprint density at radius 1 is 1.12 bits per heavy atom. The lowest BCUT2D eigenvalue weighted by Crippen LogP contribution is -2.37. The summed E-state index contributed by atoms with van der Waals surface area (Å²) in [5.41, 5.74) is 6.51. The molecule has 0 heterocycles. The van der Waals surface area contributed by atoms with Crippen LogP contribution in [0, 0.1) is 5.82 Å². The van der Waals surface area contributed by atoms with E-state index in [0.717, 1.165) is 10.0 Å². The third kappa shape index (κ3) is 6.19. The Hall–Kier alpha value is -2.41. The lowest BCUT2D eigenvalue weighted by Gasteiger charge is -2.18. The number of carbonyl (C=O) groups excluding carboxylic acids is 2. The van der Waals surface area contributed by atoms with Crippen LogP contribution in [0.4, 0.5) is 9.18 Å². The maximum Gasteiger partial charge on any atom is 0.312 e. The zero-order valence-corrected chi connectivity index (χ0v) is 15.1. The van der Waals surface area contributed by atoms with Gasteiger partial charge in [0.2, 0.25) is 5.91 Å². The van der Waals surface area contributed by atoms with E-state index in [4.69, 9.17) is 5.73 Å². The number of halogens is 2. The van der Waals surface area contributed by atoms with E-state index < -0.39 is 12.1 Å². The van der Waals surface area contributed by atoms with Crippen molar-refractivity contribution in [2.24, 2.45) is 5.73 Å². The number of urea groups is 1. The Balaban J connectivity index is 1.91. The molecule has 3 amide bonds. The summed E-state index contributed by atoms with van der Waals surface area (Å²) in [6.07, 6.45) is 0.437. The maximum atomic E-state index is 13.5. The summed E-state index contributed by atoms with van der Waals surface area (Å²) in [4.78, 5) is 23.3. The highest BCUT2D eigenvalue weighted by Crippen LogP contribution is 2.19. The van der Waals surface area contributed by atoms with E-state index in [2.05, 4.69) is 26.6 Å². The minimum atomic E-state index is -0.702. The molecule has 0 aromatic heterocycles. The van der Waals surface area contributed by atoms with E-state index in [9.17, 15) is 14.0 Å². The average molecular weight is 408 g/mol. The van der Waals surface area contributed by atoms with Crippen molar-refractivity contribution in [2.45, 2.75) is 18.9 Å². The fourth-order valence-corrected chi connectivity index (χ4v) is 2.68. The molecular formula is C18H19BrFN3O2. The van der Waals surface area contributed by atoms with Crippen LogP contribution in [0.1, 0.15) is 23.6 Å². The molecule has 7 heteroatoms. The Morgan fingerprint density at radius 2 is 1.80 bits per heavy atom. The van der Waals surface area contributed by atoms with E-state index >= 15 is 0 Å². The summed E-state index contributed by atoms with van der Waals surface area (Å²) < 4.78 is 14.4. The molecule has 132 valence electrons. The van der Waals surface area contributed by atoms with Gasteiger partial charge in [-0.2, -0.15) is 0 Å². The summed E-state index contributed by atoms with van der Waals surface area (Å²) in [6.45, 7) is 0.309. The minimum absolute atomic E-state index is 0.0435. The Labute approximate surface area is 153 Å². The molecule has 0 aliphatic carbocycles. The summed E-state index contributed by atoms with van der Waals surface area (Å²) in [6, 6.07) is 12.5. The molecule has 0 saturated carbocycles. The second-order valence-electron chi connectivity index (χ2n) is 5.51. The first-order chi connectivity index (χ1) is 12.0. The first-order valence-corrected chi connectivity index (χ1v) is 8.56. The molecule has 2 aromatic rings. The molecule has 0 saturated heterocycles. The predicted molar refractivity (Wildman–Crippen MR) is 97.3 cm³/mol. The number of nitrogens with one attached hydrogen (secondary N) is 2. The van der Waals surface area contributed by atoms with Crippen LogP contribution < -0.4 is 16.4 Å². The van der Waals surface area contributed by atoms with Crippen molar-refractivity contribution < 1.29 is 14.0 Å². The van der Waals surface area contributed by atoms with Crippen LogP contribution >= 0.6 is 15.9 Å². The molecule has 5 nitrogen and oxygen atoms in total. The van der Waals surface area contributed by atoms with Crippen molar-refractivity contribution in [2.75, 3.05) is 6.54 Å². The van der Waals surface area contributed by atoms with Gasteiger partial charge in [-0.25, -0.2) is 9.18 Å². The lowest BCUT2D eigenvalue weighted by molar-refractivity contribution is -0.121. The Kier molecular flexibility index (Phi) is 6.94. The normalized spacial score (nSPS) is 11.6. The van der Waals surface area contributed by atoms with E-state index in [-0.39, 0.29) is 18.1 Å². The monoisotopic (exact) mass is 407 g/mol. The van der Waals surface area contributed by atoms with Gasteiger partial charge in [0.1, 0.15) is 5.82 Å². The molecular weight excluding hydrogens is 389 g/mol. The molecule has 4 N–H and O–H groups in total. The molecule has 0 bridgehead atoms. The summed E-state index contributed by atoms with van der Waals surface area (Å²) >= 11 is 3.34. The van der Waals surface area contributed by atoms with Crippen molar-refractivity contribution in [1.29, 1.82) is 0 Å². The number of nitrogens with two attached hydrogens (primary N) is 1. The van der Waals surface area contributed by atoms with Gasteiger partial charge in [-0.1, -0.05) is 46.3 Å². The second-order valence-corrected chi connectivity index (χ2v) is 6.42. The lowest BCUT2D eigenvalue weighted by atomic mass is 10.0. The molecule has 2 aromatic carbocycles. The van der Waals surface area contributed by atoms with Crippen molar-refractivity contribution in [1.82, 2.24) is 10.6 Å². The molecule has 0 radical (unpaired) electrons. The van der Waals surface area contributed by atoms with Crippen LogP contribution in [0.15, 0.2) is 53.0 Å². The van der Waals surface area contributed by atoms with E-state index in [0.29, 0.717) is 18.5 Å². The molecule has 25 heavy (non-hydrogen) atoms. The molecule has 2 rings (SSSR count). The van der Waals surface area contributed by atoms with Crippen LogP contribution in [0.3, 0.4) is 0 Å². The number of hydrogen-bond donors (Lipinski definition) is 3. The molecule has 0 aliphatic rings. The van der Waals surface area contributed by atoms with E-state index in [1.54, 1.807) is 30.3 Å². The molecule has 0 unspecified atom stereocenters. The van der Waals surface area contributed by atoms with Crippen LogP contribution in [-0.2, 0) is 11.2 Å². The van der Waals surface area contributed by atoms with Crippen LogP contribution in [0.5, 0.6) is 0 Å². The summed E-state index contributed by atoms with van der Waals surface area (Å²) in [5, 5.41) is 5.30. The highest BCUT2D eigenvalue weighted by molar-refractivity contribution is 9.10. The van der Waals surface area contributed by atoms with Crippen LogP contribution in [0.2, 0.25) is 0 Å². The molecule has 0 spiro atoms. The smallest absolute Gasteiger partial charge is 0.312 e. The van der Waals surface area contributed by atoms with Gasteiger partial charge in [-0.15, -0.1) is 0 Å². The quantitative estimate of drug-likeness (QED) is 0.658. The Bertz CT molecular complexity index is 737. The van der Waals surface area contributed by atoms with Gasteiger partial charge >= 0.3 is 6.03 Å². The standard InChI is InChI=1S/C18H19BrFN3O2/c19-14-7-5-13(6-8-14)16(23-18(21)25)11-17(24)22-10-9-12-3-1-2-4-15(12)20/h1-8,16H,9-11H2,(H,22,24)(H3,21,23,25)/t16-/m0/s1. The second kappa shape index (κ2) is 9.17. The Morgan fingerprint density at radius 3 is 2.44 bits per heavy atom. The topological polar surface area (TPSA) is 84.2 Å².